The van der Waals surface area contributed by atoms with Gasteiger partial charge in [-0.1, -0.05) is 5.92 Å². The van der Waals surface area contributed by atoms with Gasteiger partial charge in [0.1, 0.15) is 5.69 Å². The highest BCUT2D eigenvalue weighted by Gasteiger charge is 2.11. The van der Waals surface area contributed by atoms with Crippen molar-refractivity contribution in [1.29, 1.82) is 0 Å². The lowest BCUT2D eigenvalue weighted by Crippen LogP contribution is -2.27. The van der Waals surface area contributed by atoms with Crippen molar-refractivity contribution in [3.8, 4) is 12.3 Å². The number of H-pyrrole nitrogens is 1. The fraction of sp³-hybridized carbons (Fsp3) is 0.222. The van der Waals surface area contributed by atoms with E-state index in [-0.39, 0.29) is 5.91 Å². The third-order valence-corrected chi connectivity index (χ3v) is 2.01. The van der Waals surface area contributed by atoms with Gasteiger partial charge in [0.2, 0.25) is 0 Å². The van der Waals surface area contributed by atoms with Gasteiger partial charge in [-0.15, -0.1) is 6.42 Å². The zero-order valence-electron chi connectivity index (χ0n) is 7.17. The number of nitrogens with one attached hydrogen (secondary N) is 1. The Morgan fingerprint density at radius 1 is 1.85 bits per heavy atom. The van der Waals surface area contributed by atoms with Crippen molar-refractivity contribution in [2.75, 3.05) is 13.6 Å². The summed E-state index contributed by atoms with van der Waals surface area (Å²) in [5.41, 5.74) is 0.532. The number of amides is 1. The van der Waals surface area contributed by atoms with Crippen molar-refractivity contribution >= 4 is 21.8 Å². The molecule has 0 aromatic carbocycles. The summed E-state index contributed by atoms with van der Waals surface area (Å²) in [7, 11) is 1.66. The second-order valence-corrected chi connectivity index (χ2v) is 3.51. The Morgan fingerprint density at radius 2 is 2.54 bits per heavy atom. The molecule has 1 aromatic heterocycles. The Hall–Kier alpha value is -1.21. The van der Waals surface area contributed by atoms with Crippen LogP contribution in [-0.2, 0) is 0 Å². The van der Waals surface area contributed by atoms with Crippen LogP contribution in [0.4, 0.5) is 0 Å². The average Bonchev–Trinajstić information content (AvgIpc) is 2.51. The smallest absolute Gasteiger partial charge is 0.270 e. The molecule has 3 nitrogen and oxygen atoms in total. The molecule has 0 bridgehead atoms. The van der Waals surface area contributed by atoms with Crippen molar-refractivity contribution in [3.05, 3.63) is 22.4 Å². The lowest BCUT2D eigenvalue weighted by Gasteiger charge is -2.11. The molecule has 0 atom stereocenters. The second-order valence-electron chi connectivity index (χ2n) is 2.60. The summed E-state index contributed by atoms with van der Waals surface area (Å²) in [6.07, 6.45) is 6.79. The van der Waals surface area contributed by atoms with E-state index in [4.69, 9.17) is 6.42 Å². The van der Waals surface area contributed by atoms with Crippen LogP contribution in [0.3, 0.4) is 0 Å². The zero-order chi connectivity index (χ0) is 9.84. The van der Waals surface area contributed by atoms with Crippen LogP contribution in [0.5, 0.6) is 0 Å². The summed E-state index contributed by atoms with van der Waals surface area (Å²) in [6, 6.07) is 1.72. The van der Waals surface area contributed by atoms with E-state index in [2.05, 4.69) is 26.8 Å². The molecule has 0 radical (unpaired) electrons. The average molecular weight is 241 g/mol. The number of carbonyl (C=O) groups excluding carboxylic acids is 1. The van der Waals surface area contributed by atoms with E-state index < -0.39 is 0 Å². The van der Waals surface area contributed by atoms with E-state index in [1.165, 1.54) is 4.90 Å². The van der Waals surface area contributed by atoms with Gasteiger partial charge in [-0.2, -0.15) is 0 Å². The minimum atomic E-state index is -0.108. The highest BCUT2D eigenvalue weighted by atomic mass is 79.9. The molecule has 1 heterocycles. The van der Waals surface area contributed by atoms with E-state index in [1.807, 2.05) is 0 Å². The van der Waals surface area contributed by atoms with Gasteiger partial charge in [0.25, 0.3) is 5.91 Å². The molecule has 0 saturated carbocycles. The summed E-state index contributed by atoms with van der Waals surface area (Å²) in [6.45, 7) is 0.315. The van der Waals surface area contributed by atoms with Crippen molar-refractivity contribution in [2.45, 2.75) is 0 Å². The predicted octanol–water partition coefficient (Wildman–Crippen LogP) is 1.48. The van der Waals surface area contributed by atoms with Gasteiger partial charge in [0, 0.05) is 17.7 Å². The van der Waals surface area contributed by atoms with Crippen molar-refractivity contribution < 1.29 is 4.79 Å². The molecule has 1 N–H and O–H groups in total. The number of hydrogen-bond donors (Lipinski definition) is 1. The number of terminal acetylenes is 1. The lowest BCUT2D eigenvalue weighted by molar-refractivity contribution is 0.0807. The summed E-state index contributed by atoms with van der Waals surface area (Å²) in [4.78, 5) is 15.8. The molecule has 4 heteroatoms. The van der Waals surface area contributed by atoms with Gasteiger partial charge in [0.05, 0.1) is 6.54 Å². The Balaban J connectivity index is 2.74. The minimum Gasteiger partial charge on any atom is -0.356 e. The fourth-order valence-electron chi connectivity index (χ4n) is 0.906. The summed E-state index contributed by atoms with van der Waals surface area (Å²) < 4.78 is 0.852. The first kappa shape index (κ1) is 9.87. The van der Waals surface area contributed by atoms with E-state index in [1.54, 1.807) is 19.3 Å². The van der Waals surface area contributed by atoms with Crippen molar-refractivity contribution in [1.82, 2.24) is 9.88 Å². The maximum atomic E-state index is 11.5. The Bertz CT molecular complexity index is 351. The van der Waals surface area contributed by atoms with Crippen LogP contribution in [-0.4, -0.2) is 29.4 Å². The van der Waals surface area contributed by atoms with Crippen LogP contribution in [0, 0.1) is 12.3 Å². The van der Waals surface area contributed by atoms with Crippen molar-refractivity contribution in [2.24, 2.45) is 0 Å². The first-order valence-corrected chi connectivity index (χ1v) is 4.47. The first-order valence-electron chi connectivity index (χ1n) is 3.68. The van der Waals surface area contributed by atoms with E-state index in [9.17, 15) is 4.79 Å². The molecule has 0 fully saturated rings. The number of aromatic nitrogens is 1. The van der Waals surface area contributed by atoms with Gasteiger partial charge < -0.3 is 9.88 Å². The Kier molecular flexibility index (Phi) is 3.15. The Morgan fingerprint density at radius 3 is 3.00 bits per heavy atom. The summed E-state index contributed by atoms with van der Waals surface area (Å²) in [5, 5.41) is 0. The second kappa shape index (κ2) is 4.15. The highest BCUT2D eigenvalue weighted by molar-refractivity contribution is 9.10. The first-order chi connectivity index (χ1) is 6.15. The minimum absolute atomic E-state index is 0.108. The molecule has 0 saturated heterocycles. The highest BCUT2D eigenvalue weighted by Crippen LogP contribution is 2.11. The predicted molar refractivity (Wildman–Crippen MR) is 54.3 cm³/mol. The van der Waals surface area contributed by atoms with E-state index in [0.717, 1.165) is 4.47 Å². The van der Waals surface area contributed by atoms with Crippen LogP contribution in [0.15, 0.2) is 16.7 Å². The summed E-state index contributed by atoms with van der Waals surface area (Å²) >= 11 is 3.25. The van der Waals surface area contributed by atoms with Gasteiger partial charge >= 0.3 is 0 Å². The van der Waals surface area contributed by atoms with Crippen molar-refractivity contribution in [3.63, 3.8) is 0 Å². The maximum Gasteiger partial charge on any atom is 0.270 e. The van der Waals surface area contributed by atoms with E-state index >= 15 is 0 Å². The molecule has 1 aromatic rings. The number of halogens is 1. The fourth-order valence-corrected chi connectivity index (χ4v) is 1.25. The largest absolute Gasteiger partial charge is 0.356 e. The van der Waals surface area contributed by atoms with E-state index in [0.29, 0.717) is 12.2 Å². The number of carbonyl (C=O) groups is 1. The molecular weight excluding hydrogens is 232 g/mol. The molecule has 0 aliphatic heterocycles. The molecule has 0 unspecified atom stereocenters. The number of nitrogens with zero attached hydrogens (tertiary/aromatic N) is 1. The van der Waals surface area contributed by atoms with Crippen LogP contribution in [0.2, 0.25) is 0 Å². The molecule has 0 aliphatic carbocycles. The van der Waals surface area contributed by atoms with Gasteiger partial charge in [-0.25, -0.2) is 0 Å². The monoisotopic (exact) mass is 240 g/mol. The maximum absolute atomic E-state index is 11.5. The quantitative estimate of drug-likeness (QED) is 0.782. The standard InChI is InChI=1S/C9H9BrN2O/c1-3-4-12(2)9(13)8-5-7(10)6-11-8/h1,5-6,11H,4H2,2H3. The molecule has 1 amide bonds. The molecular formula is C9H9BrN2O. The molecule has 13 heavy (non-hydrogen) atoms. The lowest BCUT2D eigenvalue weighted by atomic mass is 10.4. The number of hydrogen-bond acceptors (Lipinski definition) is 1. The van der Waals surface area contributed by atoms with Gasteiger partial charge in [-0.3, -0.25) is 4.79 Å². The molecule has 68 valence electrons. The SMILES string of the molecule is C#CCN(C)C(=O)c1cc(Br)c[nH]1. The van der Waals surface area contributed by atoms with Crippen LogP contribution >= 0.6 is 15.9 Å². The third-order valence-electron chi connectivity index (χ3n) is 1.55. The normalized spacial score (nSPS) is 9.31. The zero-order valence-corrected chi connectivity index (χ0v) is 8.76. The molecule has 0 spiro atoms. The van der Waals surface area contributed by atoms with Gasteiger partial charge in [-0.05, 0) is 22.0 Å². The summed E-state index contributed by atoms with van der Waals surface area (Å²) in [5.74, 6) is 2.30. The number of aromatic amines is 1. The van der Waals surface area contributed by atoms with Crippen LogP contribution in [0.1, 0.15) is 10.5 Å². The van der Waals surface area contributed by atoms with Gasteiger partial charge in [0.15, 0.2) is 0 Å². The van der Waals surface area contributed by atoms with Crippen LogP contribution < -0.4 is 0 Å². The van der Waals surface area contributed by atoms with Crippen LogP contribution in [0.25, 0.3) is 0 Å². The third kappa shape index (κ3) is 2.36. The Labute approximate surface area is 85.3 Å². The topological polar surface area (TPSA) is 36.1 Å². The molecule has 0 aliphatic rings. The number of rotatable bonds is 2. The molecule has 1 rings (SSSR count).